The Bertz CT molecular complexity index is 239. The first-order chi connectivity index (χ1) is 4.97. The van der Waals surface area contributed by atoms with Crippen LogP contribution in [0.2, 0.25) is 0 Å². The van der Waals surface area contributed by atoms with Crippen molar-refractivity contribution >= 4 is 5.82 Å². The van der Waals surface area contributed by atoms with Crippen molar-refractivity contribution in [3.8, 4) is 0 Å². The number of hydrogen-bond acceptors (Lipinski definition) is 2. The molecule has 0 amide bonds. The summed E-state index contributed by atoms with van der Waals surface area (Å²) in [5.41, 5.74) is 5.11. The molecule has 0 atom stereocenters. The number of H-pyrrole nitrogens is 1. The number of nitrogens with one attached hydrogen (secondary N) is 1. The maximum absolute atomic E-state index is 11.6. The Morgan fingerprint density at radius 2 is 2.18 bits per heavy atom. The highest BCUT2D eigenvalue weighted by atomic mass is 19.4. The van der Waals surface area contributed by atoms with E-state index in [-0.39, 0.29) is 11.6 Å². The number of nitrogen functional groups attached to an aromatic ring is 1. The van der Waals surface area contributed by atoms with Gasteiger partial charge in [-0.2, -0.15) is 13.2 Å². The Kier molecular flexibility index (Phi) is 1.76. The van der Waals surface area contributed by atoms with Gasteiger partial charge in [0.15, 0.2) is 0 Å². The highest BCUT2D eigenvalue weighted by molar-refractivity contribution is 5.24. The molecular weight excluding hydrogens is 159 g/mol. The zero-order valence-electron chi connectivity index (χ0n) is 5.44. The van der Waals surface area contributed by atoms with Crippen LogP contribution in [-0.2, 0) is 6.42 Å². The van der Waals surface area contributed by atoms with Gasteiger partial charge >= 0.3 is 6.18 Å². The number of rotatable bonds is 1. The van der Waals surface area contributed by atoms with Crippen LogP contribution in [0.1, 0.15) is 5.82 Å². The third kappa shape index (κ3) is 2.48. The smallest absolute Gasteiger partial charge is 0.384 e. The summed E-state index contributed by atoms with van der Waals surface area (Å²) in [4.78, 5) is 5.68. The van der Waals surface area contributed by atoms with Gasteiger partial charge in [0.2, 0.25) is 0 Å². The van der Waals surface area contributed by atoms with Crippen molar-refractivity contribution in [3.05, 3.63) is 12.0 Å². The normalized spacial score (nSPS) is 11.9. The Morgan fingerprint density at radius 3 is 2.55 bits per heavy atom. The predicted octanol–water partition coefficient (Wildman–Crippen LogP) is 1.10. The molecule has 1 aromatic heterocycles. The molecule has 1 heterocycles. The second-order valence-electron chi connectivity index (χ2n) is 2.08. The van der Waals surface area contributed by atoms with Crippen LogP contribution in [0.25, 0.3) is 0 Å². The van der Waals surface area contributed by atoms with E-state index in [9.17, 15) is 13.2 Å². The van der Waals surface area contributed by atoms with Crippen LogP contribution in [0.15, 0.2) is 6.20 Å². The fourth-order valence-electron chi connectivity index (χ4n) is 0.658. The summed E-state index contributed by atoms with van der Waals surface area (Å²) < 4.78 is 34.9. The topological polar surface area (TPSA) is 54.7 Å². The lowest BCUT2D eigenvalue weighted by molar-refractivity contribution is -0.128. The number of nitrogens with two attached hydrogens (primary N) is 1. The van der Waals surface area contributed by atoms with Gasteiger partial charge in [0.25, 0.3) is 0 Å². The molecule has 0 saturated heterocycles. The number of halogens is 3. The number of aromatic nitrogens is 2. The van der Waals surface area contributed by atoms with Gasteiger partial charge in [-0.15, -0.1) is 0 Å². The summed E-state index contributed by atoms with van der Waals surface area (Å²) in [6.07, 6.45) is -4.14. The van der Waals surface area contributed by atoms with Gasteiger partial charge in [-0.1, -0.05) is 0 Å². The lowest BCUT2D eigenvalue weighted by Gasteiger charge is -2.01. The maximum Gasteiger partial charge on any atom is 0.396 e. The number of aromatic amines is 1. The van der Waals surface area contributed by atoms with Gasteiger partial charge < -0.3 is 10.7 Å². The van der Waals surface area contributed by atoms with E-state index >= 15 is 0 Å². The standard InChI is InChI=1S/C5H6F3N3/c6-5(7,8)1-4-10-2-3(9)11-4/h2H,1,9H2,(H,10,11). The number of anilines is 1. The van der Waals surface area contributed by atoms with E-state index in [0.717, 1.165) is 6.20 Å². The monoisotopic (exact) mass is 165 g/mol. The van der Waals surface area contributed by atoms with E-state index in [1.165, 1.54) is 0 Å². The molecule has 0 aliphatic rings. The Labute approximate surface area is 60.4 Å². The van der Waals surface area contributed by atoms with Crippen LogP contribution >= 0.6 is 0 Å². The molecule has 1 aromatic rings. The summed E-state index contributed by atoms with van der Waals surface area (Å²) in [6, 6.07) is 0. The second kappa shape index (κ2) is 2.44. The Balaban J connectivity index is 2.65. The average molecular weight is 165 g/mol. The molecule has 0 radical (unpaired) electrons. The fourth-order valence-corrected chi connectivity index (χ4v) is 0.658. The van der Waals surface area contributed by atoms with Crippen LogP contribution in [0, 0.1) is 0 Å². The van der Waals surface area contributed by atoms with E-state index in [2.05, 4.69) is 9.97 Å². The third-order valence-electron chi connectivity index (χ3n) is 1.02. The lowest BCUT2D eigenvalue weighted by atomic mass is 10.4. The van der Waals surface area contributed by atoms with E-state index in [4.69, 9.17) is 5.73 Å². The van der Waals surface area contributed by atoms with Crippen LogP contribution in [0.4, 0.5) is 19.0 Å². The molecule has 6 heteroatoms. The molecular formula is C5H6F3N3. The molecule has 3 N–H and O–H groups in total. The first-order valence-corrected chi connectivity index (χ1v) is 2.83. The Hall–Kier alpha value is -1.20. The van der Waals surface area contributed by atoms with E-state index in [0.29, 0.717) is 0 Å². The molecule has 0 bridgehead atoms. The Morgan fingerprint density at radius 1 is 1.55 bits per heavy atom. The van der Waals surface area contributed by atoms with Crippen molar-refractivity contribution in [2.45, 2.75) is 12.6 Å². The molecule has 0 saturated carbocycles. The van der Waals surface area contributed by atoms with Crippen molar-refractivity contribution in [1.82, 2.24) is 9.97 Å². The summed E-state index contributed by atoms with van der Waals surface area (Å²) in [5, 5.41) is 0. The molecule has 11 heavy (non-hydrogen) atoms. The minimum Gasteiger partial charge on any atom is -0.384 e. The highest BCUT2D eigenvalue weighted by Crippen LogP contribution is 2.19. The molecule has 0 aliphatic heterocycles. The van der Waals surface area contributed by atoms with Gasteiger partial charge in [0.1, 0.15) is 18.1 Å². The molecule has 0 unspecified atom stereocenters. The number of alkyl halides is 3. The zero-order valence-corrected chi connectivity index (χ0v) is 5.44. The summed E-state index contributed by atoms with van der Waals surface area (Å²) >= 11 is 0. The fraction of sp³-hybridized carbons (Fsp3) is 0.400. The van der Waals surface area contributed by atoms with Crippen LogP contribution < -0.4 is 5.73 Å². The van der Waals surface area contributed by atoms with Crippen molar-refractivity contribution < 1.29 is 13.2 Å². The molecule has 1 rings (SSSR count). The number of imidazole rings is 1. The first kappa shape index (κ1) is 7.90. The largest absolute Gasteiger partial charge is 0.396 e. The maximum atomic E-state index is 11.6. The predicted molar refractivity (Wildman–Crippen MR) is 32.8 cm³/mol. The van der Waals surface area contributed by atoms with Gasteiger partial charge in [-0.05, 0) is 0 Å². The van der Waals surface area contributed by atoms with Gasteiger partial charge in [0, 0.05) is 0 Å². The quantitative estimate of drug-likeness (QED) is 0.654. The SMILES string of the molecule is Nc1cnc(CC(F)(F)F)[nH]1. The molecule has 62 valence electrons. The minimum absolute atomic E-state index is 0.143. The minimum atomic E-state index is -4.23. The molecule has 0 spiro atoms. The molecule has 0 aromatic carbocycles. The van der Waals surface area contributed by atoms with Crippen LogP contribution in [0.3, 0.4) is 0 Å². The molecule has 0 fully saturated rings. The second-order valence-corrected chi connectivity index (χ2v) is 2.08. The highest BCUT2D eigenvalue weighted by Gasteiger charge is 2.29. The van der Waals surface area contributed by atoms with Gasteiger partial charge in [0.05, 0.1) is 6.20 Å². The summed E-state index contributed by atoms with van der Waals surface area (Å²) in [7, 11) is 0. The molecule has 3 nitrogen and oxygen atoms in total. The van der Waals surface area contributed by atoms with E-state index in [1.807, 2.05) is 0 Å². The number of nitrogens with zero attached hydrogens (tertiary/aromatic N) is 1. The van der Waals surface area contributed by atoms with Crippen LogP contribution in [-0.4, -0.2) is 16.1 Å². The lowest BCUT2D eigenvalue weighted by Crippen LogP contribution is -2.12. The van der Waals surface area contributed by atoms with Crippen LogP contribution in [0.5, 0.6) is 0 Å². The summed E-state index contributed by atoms with van der Waals surface area (Å²) in [6.45, 7) is 0. The average Bonchev–Trinajstić information content (AvgIpc) is 2.10. The zero-order chi connectivity index (χ0) is 8.48. The van der Waals surface area contributed by atoms with E-state index < -0.39 is 12.6 Å². The third-order valence-corrected chi connectivity index (χ3v) is 1.02. The summed E-state index contributed by atoms with van der Waals surface area (Å²) in [5.74, 6) is -0.0146. The van der Waals surface area contributed by atoms with Gasteiger partial charge in [-0.3, -0.25) is 0 Å². The van der Waals surface area contributed by atoms with Gasteiger partial charge in [-0.25, -0.2) is 4.98 Å². The molecule has 0 aliphatic carbocycles. The van der Waals surface area contributed by atoms with Crippen molar-refractivity contribution in [2.24, 2.45) is 0 Å². The first-order valence-electron chi connectivity index (χ1n) is 2.83. The van der Waals surface area contributed by atoms with E-state index in [1.54, 1.807) is 0 Å². The van der Waals surface area contributed by atoms with Crippen molar-refractivity contribution in [3.63, 3.8) is 0 Å². The number of hydrogen-bond donors (Lipinski definition) is 2. The van der Waals surface area contributed by atoms with Crippen molar-refractivity contribution in [2.75, 3.05) is 5.73 Å². The van der Waals surface area contributed by atoms with Crippen molar-refractivity contribution in [1.29, 1.82) is 0 Å².